The molecule has 0 saturated carbocycles. The van der Waals surface area contributed by atoms with E-state index in [4.69, 9.17) is 0 Å². The highest BCUT2D eigenvalue weighted by atomic mass is 32.2. The summed E-state index contributed by atoms with van der Waals surface area (Å²) in [4.78, 5) is 26.0. The Hall–Kier alpha value is -2.87. The Bertz CT molecular complexity index is 1000. The highest BCUT2D eigenvalue weighted by molar-refractivity contribution is 7.92. The minimum atomic E-state index is -3.80. The summed E-state index contributed by atoms with van der Waals surface area (Å²) in [7, 11) is -3.80. The van der Waals surface area contributed by atoms with Crippen molar-refractivity contribution >= 4 is 27.5 Å². The van der Waals surface area contributed by atoms with Gasteiger partial charge in [0.2, 0.25) is 5.91 Å². The maximum absolute atomic E-state index is 13.2. The Kier molecular flexibility index (Phi) is 6.77. The van der Waals surface area contributed by atoms with Crippen LogP contribution in [0.3, 0.4) is 0 Å². The van der Waals surface area contributed by atoms with Crippen LogP contribution < -0.4 is 9.62 Å². The number of amides is 2. The Morgan fingerprint density at radius 1 is 1.07 bits per heavy atom. The third-order valence-electron chi connectivity index (χ3n) is 5.19. The van der Waals surface area contributed by atoms with Crippen molar-refractivity contribution in [3.05, 3.63) is 60.2 Å². The van der Waals surface area contributed by atoms with Gasteiger partial charge >= 0.3 is 0 Å². The number of rotatable bonds is 6. The number of carbonyl (C=O) groups excluding carboxylic acids is 2. The molecule has 0 aromatic heterocycles. The first-order valence-electron chi connectivity index (χ1n) is 10.1. The minimum absolute atomic E-state index is 0.0715. The molecule has 0 atom stereocenters. The predicted octanol–water partition coefficient (Wildman–Crippen LogP) is 2.64. The maximum atomic E-state index is 13.2. The number of nitrogens with zero attached hydrogens (tertiary/aromatic N) is 2. The molecule has 1 N–H and O–H groups in total. The molecule has 1 fully saturated rings. The summed E-state index contributed by atoms with van der Waals surface area (Å²) in [5, 5.41) is 2.88. The van der Waals surface area contributed by atoms with Crippen molar-refractivity contribution in [3.63, 3.8) is 0 Å². The molecule has 8 heteroatoms. The molecule has 2 aromatic rings. The highest BCUT2D eigenvalue weighted by Gasteiger charge is 2.27. The van der Waals surface area contributed by atoms with Crippen LogP contribution in [0.2, 0.25) is 0 Å². The number of carbonyl (C=O) groups is 2. The van der Waals surface area contributed by atoms with Gasteiger partial charge in [0.25, 0.3) is 15.9 Å². The predicted molar refractivity (Wildman–Crippen MR) is 116 cm³/mol. The van der Waals surface area contributed by atoms with Crippen molar-refractivity contribution in [1.29, 1.82) is 0 Å². The normalized spacial score (nSPS) is 14.9. The molecule has 1 aliphatic rings. The van der Waals surface area contributed by atoms with Gasteiger partial charge in [0.05, 0.1) is 10.6 Å². The Morgan fingerprint density at radius 3 is 2.33 bits per heavy atom. The molecule has 1 saturated heterocycles. The van der Waals surface area contributed by atoms with Crippen molar-refractivity contribution < 1.29 is 18.0 Å². The van der Waals surface area contributed by atoms with Crippen LogP contribution in [0.15, 0.2) is 59.5 Å². The Morgan fingerprint density at radius 2 is 1.73 bits per heavy atom. The topological polar surface area (TPSA) is 86.8 Å². The fourth-order valence-corrected chi connectivity index (χ4v) is 5.22. The second-order valence-corrected chi connectivity index (χ2v) is 9.16. The van der Waals surface area contributed by atoms with Crippen LogP contribution in [0.4, 0.5) is 5.69 Å². The van der Waals surface area contributed by atoms with E-state index in [0.717, 1.165) is 0 Å². The summed E-state index contributed by atoms with van der Waals surface area (Å²) in [5.74, 6) is -0.271. The van der Waals surface area contributed by atoms with E-state index in [1.807, 2.05) is 6.07 Å². The summed E-state index contributed by atoms with van der Waals surface area (Å²) < 4.78 is 27.8. The van der Waals surface area contributed by atoms with E-state index in [9.17, 15) is 18.0 Å². The average Bonchev–Trinajstić information content (AvgIpc) is 2.74. The molecule has 0 bridgehead atoms. The number of para-hydroxylation sites is 1. The molecule has 3 rings (SSSR count). The molecule has 2 aromatic carbocycles. The third-order valence-corrected chi connectivity index (χ3v) is 7.09. The number of hydrogen-bond donors (Lipinski definition) is 1. The number of benzene rings is 2. The molecule has 0 aliphatic carbocycles. The lowest BCUT2D eigenvalue weighted by molar-refractivity contribution is -0.119. The van der Waals surface area contributed by atoms with Crippen LogP contribution >= 0.6 is 0 Å². The van der Waals surface area contributed by atoms with Crippen LogP contribution in [0, 0.1) is 0 Å². The summed E-state index contributed by atoms with van der Waals surface area (Å²) in [6, 6.07) is 15.2. The van der Waals surface area contributed by atoms with Gasteiger partial charge in [-0.05, 0) is 50.1 Å². The largest absolute Gasteiger partial charge is 0.353 e. The van der Waals surface area contributed by atoms with Gasteiger partial charge in [0, 0.05) is 38.2 Å². The van der Waals surface area contributed by atoms with E-state index >= 15 is 0 Å². The lowest BCUT2D eigenvalue weighted by Gasteiger charge is -2.32. The summed E-state index contributed by atoms with van der Waals surface area (Å²) in [5.41, 5.74) is 0.926. The molecule has 2 amide bonds. The molecule has 1 heterocycles. The summed E-state index contributed by atoms with van der Waals surface area (Å²) in [6.45, 7) is 4.58. The number of piperidine rings is 1. The van der Waals surface area contributed by atoms with E-state index in [0.29, 0.717) is 37.2 Å². The lowest BCUT2D eigenvalue weighted by Crippen LogP contribution is -2.46. The van der Waals surface area contributed by atoms with Gasteiger partial charge in [-0.25, -0.2) is 8.42 Å². The SMILES string of the molecule is CCN(c1ccccc1)S(=O)(=O)c1cccc(C(=O)N2CCC(NC(C)=O)CC2)c1. The number of nitrogens with one attached hydrogen (secondary N) is 1. The molecule has 0 radical (unpaired) electrons. The monoisotopic (exact) mass is 429 g/mol. The van der Waals surface area contributed by atoms with Crippen molar-refractivity contribution in [2.75, 3.05) is 23.9 Å². The van der Waals surface area contributed by atoms with Crippen LogP contribution in [-0.4, -0.2) is 50.8 Å². The van der Waals surface area contributed by atoms with Crippen LogP contribution in [0.1, 0.15) is 37.0 Å². The molecular weight excluding hydrogens is 402 g/mol. The first-order valence-corrected chi connectivity index (χ1v) is 11.5. The number of sulfonamides is 1. The van der Waals surface area contributed by atoms with Crippen molar-refractivity contribution in [1.82, 2.24) is 10.2 Å². The van der Waals surface area contributed by atoms with E-state index in [-0.39, 0.29) is 29.3 Å². The minimum Gasteiger partial charge on any atom is -0.353 e. The molecule has 7 nitrogen and oxygen atoms in total. The average molecular weight is 430 g/mol. The molecule has 1 aliphatic heterocycles. The third kappa shape index (κ3) is 4.81. The summed E-state index contributed by atoms with van der Waals surface area (Å²) >= 11 is 0. The van der Waals surface area contributed by atoms with Crippen molar-refractivity contribution in [2.24, 2.45) is 0 Å². The number of hydrogen-bond acceptors (Lipinski definition) is 4. The quantitative estimate of drug-likeness (QED) is 0.765. The maximum Gasteiger partial charge on any atom is 0.264 e. The van der Waals surface area contributed by atoms with Gasteiger partial charge < -0.3 is 10.2 Å². The molecule has 160 valence electrons. The second kappa shape index (κ2) is 9.30. The molecule has 0 unspecified atom stereocenters. The van der Waals surface area contributed by atoms with E-state index in [1.165, 1.54) is 23.4 Å². The van der Waals surface area contributed by atoms with Crippen molar-refractivity contribution in [2.45, 2.75) is 37.6 Å². The first-order chi connectivity index (χ1) is 14.3. The van der Waals surface area contributed by atoms with E-state index < -0.39 is 10.0 Å². The van der Waals surface area contributed by atoms with Gasteiger partial charge in [-0.1, -0.05) is 24.3 Å². The van der Waals surface area contributed by atoms with E-state index in [2.05, 4.69) is 5.32 Å². The lowest BCUT2D eigenvalue weighted by atomic mass is 10.0. The molecule has 30 heavy (non-hydrogen) atoms. The Labute approximate surface area is 177 Å². The first kappa shape index (κ1) is 21.8. The van der Waals surface area contributed by atoms with Gasteiger partial charge in [-0.15, -0.1) is 0 Å². The zero-order valence-electron chi connectivity index (χ0n) is 17.2. The molecule has 0 spiro atoms. The van der Waals surface area contributed by atoms with E-state index in [1.54, 1.807) is 48.2 Å². The number of likely N-dealkylation sites (tertiary alicyclic amines) is 1. The fraction of sp³-hybridized carbons (Fsp3) is 0.364. The van der Waals surface area contributed by atoms with Crippen LogP contribution in [-0.2, 0) is 14.8 Å². The smallest absolute Gasteiger partial charge is 0.264 e. The highest BCUT2D eigenvalue weighted by Crippen LogP contribution is 2.24. The van der Waals surface area contributed by atoms with Crippen molar-refractivity contribution in [3.8, 4) is 0 Å². The summed E-state index contributed by atoms with van der Waals surface area (Å²) in [6.07, 6.45) is 1.36. The van der Waals surface area contributed by atoms with Crippen LogP contribution in [0.25, 0.3) is 0 Å². The van der Waals surface area contributed by atoms with Gasteiger partial charge in [0.1, 0.15) is 0 Å². The zero-order chi connectivity index (χ0) is 21.7. The van der Waals surface area contributed by atoms with Gasteiger partial charge in [-0.2, -0.15) is 0 Å². The standard InChI is InChI=1S/C22H27N3O4S/c1-3-25(20-9-5-4-6-10-20)30(28,29)21-11-7-8-18(16-21)22(27)24-14-12-19(13-15-24)23-17(2)26/h4-11,16,19H,3,12-15H2,1-2H3,(H,23,26). The number of anilines is 1. The van der Waals surface area contributed by atoms with Gasteiger partial charge in [0.15, 0.2) is 0 Å². The second-order valence-electron chi connectivity index (χ2n) is 7.30. The zero-order valence-corrected chi connectivity index (χ0v) is 18.1. The van der Waals surface area contributed by atoms with Crippen LogP contribution in [0.5, 0.6) is 0 Å². The Balaban J connectivity index is 1.79. The fourth-order valence-electron chi connectivity index (χ4n) is 3.70. The van der Waals surface area contributed by atoms with Gasteiger partial charge in [-0.3, -0.25) is 13.9 Å². The molecular formula is C22H27N3O4S.